The predicted molar refractivity (Wildman–Crippen MR) is 123 cm³/mol. The number of nitrogens with one attached hydrogen (secondary N) is 1. The largest absolute Gasteiger partial charge is 0.417 e. The van der Waals surface area contributed by atoms with Gasteiger partial charge in [0.05, 0.1) is 11.5 Å². The molecule has 0 aliphatic rings. The highest BCUT2D eigenvalue weighted by molar-refractivity contribution is 6.31. The van der Waals surface area contributed by atoms with Crippen LogP contribution in [0.15, 0.2) is 42.5 Å². The van der Waals surface area contributed by atoms with Gasteiger partial charge in [-0.25, -0.2) is 0 Å². The summed E-state index contributed by atoms with van der Waals surface area (Å²) in [6.07, 6.45) is -14.0. The van der Waals surface area contributed by atoms with E-state index in [1.165, 1.54) is 12.1 Å². The van der Waals surface area contributed by atoms with Gasteiger partial charge in [-0.15, -0.1) is 0 Å². The maximum Gasteiger partial charge on any atom is 0.417 e. The van der Waals surface area contributed by atoms with Crippen molar-refractivity contribution in [3.05, 3.63) is 75.3 Å². The number of amides is 1. The Kier molecular flexibility index (Phi) is 9.68. The summed E-state index contributed by atoms with van der Waals surface area (Å²) < 4.78 is 119. The molecular weight excluding hydrogens is 553 g/mol. The fraction of sp³-hybridized carbons (Fsp3) is 0.360. The molecule has 1 unspecified atom stereocenters. The molecule has 3 nitrogen and oxygen atoms in total. The van der Waals surface area contributed by atoms with Gasteiger partial charge in [0.25, 0.3) is 0 Å². The molecule has 0 bridgehead atoms. The topological polar surface area (TPSA) is 46.2 Å². The first-order valence-electron chi connectivity index (χ1n) is 10.9. The Bertz CT molecular complexity index is 1200. The highest BCUT2D eigenvalue weighted by Crippen LogP contribution is 2.39. The van der Waals surface area contributed by atoms with Gasteiger partial charge >= 0.3 is 18.5 Å². The first-order valence-corrected chi connectivity index (χ1v) is 11.3. The zero-order valence-electron chi connectivity index (χ0n) is 19.8. The highest BCUT2D eigenvalue weighted by Gasteiger charge is 2.39. The molecule has 2 rings (SSSR count). The fourth-order valence-corrected chi connectivity index (χ4v) is 3.59. The van der Waals surface area contributed by atoms with Crippen molar-refractivity contribution in [1.82, 2.24) is 5.32 Å². The average molecular weight is 574 g/mol. The smallest absolute Gasteiger partial charge is 0.347 e. The van der Waals surface area contributed by atoms with Crippen LogP contribution in [0, 0.1) is 12.8 Å². The molecule has 2 aromatic carbocycles. The molecule has 2 aromatic rings. The van der Waals surface area contributed by atoms with Gasteiger partial charge in [-0.1, -0.05) is 54.9 Å². The Hall–Kier alpha value is -3.02. The van der Waals surface area contributed by atoms with E-state index in [2.05, 4.69) is 0 Å². The first-order chi connectivity index (χ1) is 17.3. The lowest BCUT2D eigenvalue weighted by atomic mass is 9.93. The Morgan fingerprint density at radius 1 is 0.974 bits per heavy atom. The summed E-state index contributed by atoms with van der Waals surface area (Å²) in [5, 5.41) is 1.62. The van der Waals surface area contributed by atoms with Crippen molar-refractivity contribution in [3.8, 4) is 0 Å². The van der Waals surface area contributed by atoms with E-state index in [1.54, 1.807) is 12.2 Å². The lowest BCUT2D eigenvalue weighted by Crippen LogP contribution is -2.37. The monoisotopic (exact) mass is 573 g/mol. The zero-order valence-corrected chi connectivity index (χ0v) is 20.5. The summed E-state index contributed by atoms with van der Waals surface area (Å²) in [6, 6.07) is 5.89. The summed E-state index contributed by atoms with van der Waals surface area (Å²) in [4.78, 5) is 24.3. The number of hydrogen-bond acceptors (Lipinski definition) is 2. The van der Waals surface area contributed by atoms with E-state index in [4.69, 9.17) is 11.6 Å². The van der Waals surface area contributed by atoms with Gasteiger partial charge in [0.2, 0.25) is 5.91 Å². The number of halogens is 10. The van der Waals surface area contributed by atoms with E-state index < -0.39 is 66.1 Å². The molecule has 1 amide bonds. The van der Waals surface area contributed by atoms with Gasteiger partial charge in [-0.3, -0.25) is 9.59 Å². The molecule has 0 saturated heterocycles. The molecule has 2 atom stereocenters. The molecule has 1 N–H and O–H groups in total. The number of hydrogen-bond donors (Lipinski definition) is 1. The Labute approximate surface area is 216 Å². The van der Waals surface area contributed by atoms with Crippen molar-refractivity contribution >= 4 is 29.4 Å². The molecule has 0 aromatic heterocycles. The molecular formula is C25H21ClF9NO2. The maximum absolute atomic E-state index is 13.7. The highest BCUT2D eigenvalue weighted by atomic mass is 35.5. The number of alkyl halides is 9. The van der Waals surface area contributed by atoms with E-state index in [-0.39, 0.29) is 16.1 Å². The second-order valence-electron chi connectivity index (χ2n) is 8.55. The fourth-order valence-electron chi connectivity index (χ4n) is 3.40. The van der Waals surface area contributed by atoms with Crippen LogP contribution >= 0.6 is 11.6 Å². The lowest BCUT2D eigenvalue weighted by Gasteiger charge is -2.18. The summed E-state index contributed by atoms with van der Waals surface area (Å²) in [7, 11) is 0. The van der Waals surface area contributed by atoms with Crippen LogP contribution in [0.25, 0.3) is 6.08 Å². The predicted octanol–water partition coefficient (Wildman–Crippen LogP) is 7.91. The van der Waals surface area contributed by atoms with E-state index in [0.717, 1.165) is 31.2 Å². The number of carbonyl (C=O) groups is 2. The summed E-state index contributed by atoms with van der Waals surface area (Å²) in [5.41, 5.74) is -2.33. The molecule has 0 aliphatic heterocycles. The zero-order chi connectivity index (χ0) is 29.1. The SMILES string of the molecule is Cc1ccc(C(/C=C/c2ccc(C(=O)C[C@H](C)C(=O)NCC(F)(F)F)c(C(F)(F)F)c2)C(F)(F)F)cc1Cl. The lowest BCUT2D eigenvalue weighted by molar-refractivity contribution is -0.140. The van der Waals surface area contributed by atoms with Gasteiger partial charge < -0.3 is 5.32 Å². The van der Waals surface area contributed by atoms with Crippen LogP contribution in [-0.2, 0) is 11.0 Å². The van der Waals surface area contributed by atoms with Crippen molar-refractivity contribution in [1.29, 1.82) is 0 Å². The molecule has 208 valence electrons. The molecule has 0 saturated carbocycles. The van der Waals surface area contributed by atoms with Crippen LogP contribution in [0.3, 0.4) is 0 Å². The second-order valence-corrected chi connectivity index (χ2v) is 8.96. The van der Waals surface area contributed by atoms with Crippen LogP contribution in [0.4, 0.5) is 39.5 Å². The first kappa shape index (κ1) is 31.2. The number of carbonyl (C=O) groups excluding carboxylic acids is 2. The molecule has 38 heavy (non-hydrogen) atoms. The van der Waals surface area contributed by atoms with Crippen LogP contribution in [0.1, 0.15) is 51.9 Å². The van der Waals surface area contributed by atoms with Crippen molar-refractivity contribution in [2.24, 2.45) is 5.92 Å². The van der Waals surface area contributed by atoms with Crippen molar-refractivity contribution < 1.29 is 49.1 Å². The van der Waals surface area contributed by atoms with Crippen molar-refractivity contribution in [2.45, 2.75) is 44.7 Å². The molecule has 0 heterocycles. The van der Waals surface area contributed by atoms with Crippen LogP contribution < -0.4 is 5.32 Å². The van der Waals surface area contributed by atoms with Crippen molar-refractivity contribution in [3.63, 3.8) is 0 Å². The number of rotatable bonds is 8. The summed E-state index contributed by atoms with van der Waals surface area (Å²) >= 11 is 5.91. The van der Waals surface area contributed by atoms with Crippen LogP contribution in [-0.4, -0.2) is 30.6 Å². The third kappa shape index (κ3) is 8.78. The number of Topliss-reactive ketones (excluding diaryl/α,β-unsaturated/α-hetero) is 1. The molecule has 0 fully saturated rings. The van der Waals surface area contributed by atoms with Gasteiger partial charge in [0.1, 0.15) is 6.54 Å². The summed E-state index contributed by atoms with van der Waals surface area (Å²) in [6.45, 7) is 0.983. The summed E-state index contributed by atoms with van der Waals surface area (Å²) in [5.74, 6) is -5.92. The van der Waals surface area contributed by atoms with Crippen molar-refractivity contribution in [2.75, 3.05) is 6.54 Å². The second kappa shape index (κ2) is 11.8. The minimum absolute atomic E-state index is 0.0775. The Morgan fingerprint density at radius 2 is 1.61 bits per heavy atom. The Morgan fingerprint density at radius 3 is 2.13 bits per heavy atom. The minimum atomic E-state index is -5.09. The van der Waals surface area contributed by atoms with Gasteiger partial charge in [0, 0.05) is 22.9 Å². The maximum atomic E-state index is 13.7. The normalized spacial score (nSPS) is 14.4. The quantitative estimate of drug-likeness (QED) is 0.258. The third-order valence-electron chi connectivity index (χ3n) is 5.44. The number of aryl methyl sites for hydroxylation is 1. The van der Waals surface area contributed by atoms with Crippen LogP contribution in [0.5, 0.6) is 0 Å². The third-order valence-corrected chi connectivity index (χ3v) is 5.85. The van der Waals surface area contributed by atoms with E-state index in [9.17, 15) is 49.1 Å². The van der Waals surface area contributed by atoms with E-state index in [1.807, 2.05) is 0 Å². The molecule has 0 aliphatic carbocycles. The molecule has 13 heteroatoms. The molecule has 0 radical (unpaired) electrons. The van der Waals surface area contributed by atoms with E-state index in [0.29, 0.717) is 17.7 Å². The van der Waals surface area contributed by atoms with Gasteiger partial charge in [-0.05, 0) is 35.7 Å². The number of ketones is 1. The standard InChI is InChI=1S/C25H21ClF9NO2/c1-13-3-6-16(11-20(13)26)18(24(30,31)32)8-5-15-4-7-17(19(10-15)25(33,34)35)21(37)9-14(2)22(38)36-12-23(27,28)29/h3-8,10-11,14,18H,9,12H2,1-2H3,(H,36,38)/b8-5+/t14-,18?/m0/s1. The average Bonchev–Trinajstić information content (AvgIpc) is 2.77. The van der Waals surface area contributed by atoms with E-state index >= 15 is 0 Å². The van der Waals surface area contributed by atoms with Crippen LogP contribution in [0.2, 0.25) is 5.02 Å². The number of allylic oxidation sites excluding steroid dienone is 1. The minimum Gasteiger partial charge on any atom is -0.347 e. The number of benzene rings is 2. The Balaban J connectivity index is 2.34. The van der Waals surface area contributed by atoms with Gasteiger partial charge in [-0.2, -0.15) is 39.5 Å². The van der Waals surface area contributed by atoms with Gasteiger partial charge in [0.15, 0.2) is 5.78 Å². The molecule has 0 spiro atoms.